The van der Waals surface area contributed by atoms with E-state index in [1.165, 1.54) is 0 Å². The van der Waals surface area contributed by atoms with Gasteiger partial charge in [-0.05, 0) is 12.1 Å². The highest BCUT2D eigenvalue weighted by molar-refractivity contribution is 7.99. The van der Waals surface area contributed by atoms with E-state index in [0.29, 0.717) is 21.6 Å². The van der Waals surface area contributed by atoms with Gasteiger partial charge in [-0.1, -0.05) is 96.2 Å². The van der Waals surface area contributed by atoms with Gasteiger partial charge in [-0.2, -0.15) is 0 Å². The second-order valence-corrected chi connectivity index (χ2v) is 8.14. The molecular formula is C24H18ClN5O2S. The molecule has 3 aromatic carbocycles. The third-order valence-corrected chi connectivity index (χ3v) is 5.70. The summed E-state index contributed by atoms with van der Waals surface area (Å²) in [6.07, 6.45) is 0. The van der Waals surface area contributed by atoms with Crippen LogP contribution in [0.1, 0.15) is 10.4 Å². The third-order valence-electron chi connectivity index (χ3n) is 4.53. The average molecular weight is 476 g/mol. The normalized spacial score (nSPS) is 10.5. The highest BCUT2D eigenvalue weighted by Crippen LogP contribution is 2.29. The Kier molecular flexibility index (Phi) is 7.29. The minimum atomic E-state index is -0.504. The predicted octanol–water partition coefficient (Wildman–Crippen LogP) is 4.41. The van der Waals surface area contributed by atoms with Crippen LogP contribution in [0.4, 0.5) is 0 Å². The van der Waals surface area contributed by atoms with E-state index in [1.54, 1.807) is 24.3 Å². The second-order valence-electron chi connectivity index (χ2n) is 6.79. The molecule has 164 valence electrons. The molecule has 33 heavy (non-hydrogen) atoms. The van der Waals surface area contributed by atoms with Gasteiger partial charge in [-0.3, -0.25) is 20.4 Å². The van der Waals surface area contributed by atoms with Crippen molar-refractivity contribution in [1.82, 2.24) is 26.0 Å². The van der Waals surface area contributed by atoms with E-state index in [9.17, 15) is 9.59 Å². The van der Waals surface area contributed by atoms with E-state index in [1.807, 2.05) is 60.7 Å². The predicted molar refractivity (Wildman–Crippen MR) is 128 cm³/mol. The fourth-order valence-electron chi connectivity index (χ4n) is 2.97. The summed E-state index contributed by atoms with van der Waals surface area (Å²) in [5, 5.41) is 9.21. The maximum absolute atomic E-state index is 12.2. The van der Waals surface area contributed by atoms with Crippen LogP contribution < -0.4 is 10.9 Å². The lowest BCUT2D eigenvalue weighted by Crippen LogP contribution is -2.42. The summed E-state index contributed by atoms with van der Waals surface area (Å²) in [5.74, 6) is -0.934. The summed E-state index contributed by atoms with van der Waals surface area (Å²) in [6, 6.07) is 25.9. The van der Waals surface area contributed by atoms with E-state index < -0.39 is 11.8 Å². The maximum atomic E-state index is 12.2. The summed E-state index contributed by atoms with van der Waals surface area (Å²) in [5.41, 5.74) is 8.10. The lowest BCUT2D eigenvalue weighted by Gasteiger charge is -2.10. The standard InChI is InChI=1S/C24H18ClN5O2S/c25-19-14-8-7-13-18(19)23(32)29-27-20(31)15-33-24-26-21(16-9-3-1-4-10-16)22(28-30-24)17-11-5-2-6-12-17/h1-14H,15H2,(H,27,31)(H,29,32). The van der Waals surface area contributed by atoms with Crippen LogP contribution in [0, 0.1) is 0 Å². The van der Waals surface area contributed by atoms with Gasteiger partial charge in [0.2, 0.25) is 11.1 Å². The number of hydrazine groups is 1. The van der Waals surface area contributed by atoms with Crippen molar-refractivity contribution in [2.45, 2.75) is 5.16 Å². The van der Waals surface area contributed by atoms with E-state index in [4.69, 9.17) is 11.6 Å². The molecule has 0 aliphatic carbocycles. The molecule has 0 bridgehead atoms. The van der Waals surface area contributed by atoms with Gasteiger partial charge in [0.05, 0.1) is 16.3 Å². The number of nitrogens with one attached hydrogen (secondary N) is 2. The SMILES string of the molecule is O=C(CSc1nnc(-c2ccccc2)c(-c2ccccc2)n1)NNC(=O)c1ccccc1Cl. The molecule has 0 unspecified atom stereocenters. The van der Waals surface area contributed by atoms with Gasteiger partial charge in [0.1, 0.15) is 11.4 Å². The van der Waals surface area contributed by atoms with Crippen molar-refractivity contribution in [3.63, 3.8) is 0 Å². The quantitative estimate of drug-likeness (QED) is 0.316. The summed E-state index contributed by atoms with van der Waals surface area (Å²) < 4.78 is 0. The van der Waals surface area contributed by atoms with Gasteiger partial charge in [-0.25, -0.2) is 4.98 Å². The van der Waals surface area contributed by atoms with Crippen LogP contribution in [-0.2, 0) is 4.79 Å². The summed E-state index contributed by atoms with van der Waals surface area (Å²) >= 11 is 7.11. The molecule has 0 radical (unpaired) electrons. The monoisotopic (exact) mass is 475 g/mol. The van der Waals surface area contributed by atoms with Crippen LogP contribution in [0.5, 0.6) is 0 Å². The highest BCUT2D eigenvalue weighted by atomic mass is 35.5. The second kappa shape index (κ2) is 10.7. The molecule has 1 heterocycles. The third kappa shape index (κ3) is 5.74. The Bertz CT molecular complexity index is 1270. The lowest BCUT2D eigenvalue weighted by molar-refractivity contribution is -0.119. The number of aromatic nitrogens is 3. The average Bonchev–Trinajstić information content (AvgIpc) is 2.87. The minimum absolute atomic E-state index is 0.0105. The van der Waals surface area contributed by atoms with Gasteiger partial charge in [0.25, 0.3) is 5.91 Å². The lowest BCUT2D eigenvalue weighted by atomic mass is 10.0. The largest absolute Gasteiger partial charge is 0.272 e. The van der Waals surface area contributed by atoms with E-state index in [-0.39, 0.29) is 11.3 Å². The van der Waals surface area contributed by atoms with Crippen molar-refractivity contribution in [3.8, 4) is 22.5 Å². The Morgan fingerprint density at radius 1 is 0.758 bits per heavy atom. The number of carbonyl (C=O) groups is 2. The minimum Gasteiger partial charge on any atom is -0.272 e. The van der Waals surface area contributed by atoms with Gasteiger partial charge < -0.3 is 0 Å². The number of carbonyl (C=O) groups excluding carboxylic acids is 2. The number of nitrogens with zero attached hydrogens (tertiary/aromatic N) is 3. The fourth-order valence-corrected chi connectivity index (χ4v) is 3.77. The zero-order valence-electron chi connectivity index (χ0n) is 17.2. The number of thioether (sulfide) groups is 1. The Hall–Kier alpha value is -3.75. The van der Waals surface area contributed by atoms with E-state index >= 15 is 0 Å². The number of halogens is 1. The van der Waals surface area contributed by atoms with Gasteiger partial charge in [0.15, 0.2) is 0 Å². The van der Waals surface area contributed by atoms with Crippen LogP contribution in [0.25, 0.3) is 22.5 Å². The van der Waals surface area contributed by atoms with Gasteiger partial charge in [0, 0.05) is 11.1 Å². The summed E-state index contributed by atoms with van der Waals surface area (Å²) in [4.78, 5) is 29.0. The van der Waals surface area contributed by atoms with E-state index in [2.05, 4.69) is 26.0 Å². The molecule has 0 aliphatic rings. The molecular weight excluding hydrogens is 458 g/mol. The van der Waals surface area contributed by atoms with E-state index in [0.717, 1.165) is 22.9 Å². The number of amides is 2. The Labute approximate surface area is 199 Å². The van der Waals surface area contributed by atoms with Gasteiger partial charge >= 0.3 is 0 Å². The van der Waals surface area contributed by atoms with Crippen LogP contribution in [0.3, 0.4) is 0 Å². The molecule has 0 atom stereocenters. The van der Waals surface area contributed by atoms with Crippen molar-refractivity contribution in [3.05, 3.63) is 95.5 Å². The van der Waals surface area contributed by atoms with Gasteiger partial charge in [-0.15, -0.1) is 10.2 Å². The molecule has 7 nitrogen and oxygen atoms in total. The molecule has 4 aromatic rings. The molecule has 2 N–H and O–H groups in total. The highest BCUT2D eigenvalue weighted by Gasteiger charge is 2.15. The Morgan fingerprint density at radius 2 is 1.36 bits per heavy atom. The van der Waals surface area contributed by atoms with Crippen LogP contribution in [0.15, 0.2) is 90.1 Å². The molecule has 0 saturated heterocycles. The number of benzene rings is 3. The fraction of sp³-hybridized carbons (Fsp3) is 0.0417. The first-order chi connectivity index (χ1) is 16.1. The molecule has 0 fully saturated rings. The zero-order chi connectivity index (χ0) is 23.0. The first-order valence-corrected chi connectivity index (χ1v) is 11.3. The van der Waals surface area contributed by atoms with Crippen LogP contribution in [0.2, 0.25) is 5.02 Å². The van der Waals surface area contributed by atoms with Crippen molar-refractivity contribution in [1.29, 1.82) is 0 Å². The first kappa shape index (κ1) is 22.4. The van der Waals surface area contributed by atoms with Crippen molar-refractivity contribution in [2.24, 2.45) is 0 Å². The molecule has 0 spiro atoms. The molecule has 9 heteroatoms. The molecule has 0 saturated carbocycles. The first-order valence-electron chi connectivity index (χ1n) is 9.94. The molecule has 4 rings (SSSR count). The smallest absolute Gasteiger partial charge is 0.271 e. The maximum Gasteiger partial charge on any atom is 0.271 e. The Balaban J connectivity index is 1.45. The van der Waals surface area contributed by atoms with Crippen molar-refractivity contribution >= 4 is 35.2 Å². The van der Waals surface area contributed by atoms with Crippen molar-refractivity contribution < 1.29 is 9.59 Å². The topological polar surface area (TPSA) is 96.9 Å². The summed E-state index contributed by atoms with van der Waals surface area (Å²) in [7, 11) is 0. The van der Waals surface area contributed by atoms with Crippen LogP contribution >= 0.6 is 23.4 Å². The number of hydrogen-bond donors (Lipinski definition) is 2. The van der Waals surface area contributed by atoms with Crippen molar-refractivity contribution in [2.75, 3.05) is 5.75 Å². The Morgan fingerprint density at radius 3 is 2.03 bits per heavy atom. The van der Waals surface area contributed by atoms with Crippen LogP contribution in [-0.4, -0.2) is 32.7 Å². The number of hydrogen-bond acceptors (Lipinski definition) is 6. The zero-order valence-corrected chi connectivity index (χ0v) is 18.8. The molecule has 0 aliphatic heterocycles. The number of rotatable bonds is 6. The molecule has 2 amide bonds. The molecule has 1 aromatic heterocycles. The summed E-state index contributed by atoms with van der Waals surface area (Å²) in [6.45, 7) is 0.